The van der Waals surface area contributed by atoms with Crippen molar-refractivity contribution in [3.05, 3.63) is 53.1 Å². The monoisotopic (exact) mass is 367 g/mol. The van der Waals surface area contributed by atoms with Crippen LogP contribution >= 0.6 is 0 Å². The van der Waals surface area contributed by atoms with Crippen LogP contribution in [0.3, 0.4) is 0 Å². The lowest BCUT2D eigenvalue weighted by Gasteiger charge is -2.27. The number of rotatable bonds is 4. The Morgan fingerprint density at radius 1 is 1.07 bits per heavy atom. The van der Waals surface area contributed by atoms with Crippen molar-refractivity contribution < 1.29 is 19.1 Å². The van der Waals surface area contributed by atoms with Crippen LogP contribution in [0.25, 0.3) is 0 Å². The predicted octanol–water partition coefficient (Wildman–Crippen LogP) is 2.85. The molecule has 0 bridgehead atoms. The standard InChI is InChI=1S/C20H21N3O4/c1-11-8-15-16(9-12(11)2)23-19(25)17(22-15)10-18(24)21-14-6-4-13(5-7-14)20(26)27-3/h4-9,17,22H,10H2,1-3H3,(H,21,24)(H,23,25)/t17-/m0/s1. The number of amides is 2. The van der Waals surface area contributed by atoms with Gasteiger partial charge in [-0.1, -0.05) is 0 Å². The summed E-state index contributed by atoms with van der Waals surface area (Å²) in [5.41, 5.74) is 4.65. The fourth-order valence-corrected chi connectivity index (χ4v) is 2.86. The Balaban J connectivity index is 1.64. The van der Waals surface area contributed by atoms with Gasteiger partial charge in [0.2, 0.25) is 11.8 Å². The number of fused-ring (bicyclic) bond motifs is 1. The average Bonchev–Trinajstić information content (AvgIpc) is 2.64. The lowest BCUT2D eigenvalue weighted by Crippen LogP contribution is -2.41. The number of carbonyl (C=O) groups excluding carboxylic acids is 3. The van der Waals surface area contributed by atoms with Crippen molar-refractivity contribution in [2.24, 2.45) is 0 Å². The van der Waals surface area contributed by atoms with Crippen LogP contribution in [0.15, 0.2) is 36.4 Å². The summed E-state index contributed by atoms with van der Waals surface area (Å²) in [6.07, 6.45) is -0.0169. The molecule has 3 N–H and O–H groups in total. The van der Waals surface area contributed by atoms with Crippen molar-refractivity contribution >= 4 is 34.8 Å². The van der Waals surface area contributed by atoms with Crippen LogP contribution in [0.1, 0.15) is 27.9 Å². The van der Waals surface area contributed by atoms with Gasteiger partial charge < -0.3 is 20.7 Å². The number of hydrogen-bond acceptors (Lipinski definition) is 5. The van der Waals surface area contributed by atoms with Crippen LogP contribution in [0.4, 0.5) is 17.1 Å². The first-order valence-electron chi connectivity index (χ1n) is 8.54. The Kier molecular flexibility index (Phi) is 5.12. The van der Waals surface area contributed by atoms with E-state index in [0.717, 1.165) is 22.5 Å². The number of ether oxygens (including phenoxy) is 1. The molecule has 3 rings (SSSR count). The van der Waals surface area contributed by atoms with E-state index >= 15 is 0 Å². The zero-order valence-corrected chi connectivity index (χ0v) is 15.4. The van der Waals surface area contributed by atoms with Gasteiger partial charge in [-0.25, -0.2) is 4.79 Å². The largest absolute Gasteiger partial charge is 0.465 e. The summed E-state index contributed by atoms with van der Waals surface area (Å²) in [7, 11) is 1.31. The van der Waals surface area contributed by atoms with E-state index in [2.05, 4.69) is 20.7 Å². The van der Waals surface area contributed by atoms with E-state index in [-0.39, 0.29) is 18.2 Å². The summed E-state index contributed by atoms with van der Waals surface area (Å²) >= 11 is 0. The molecule has 2 amide bonds. The minimum absolute atomic E-state index is 0.0169. The number of nitrogens with one attached hydrogen (secondary N) is 3. The average molecular weight is 367 g/mol. The van der Waals surface area contributed by atoms with E-state index in [4.69, 9.17) is 0 Å². The number of hydrogen-bond donors (Lipinski definition) is 3. The van der Waals surface area contributed by atoms with Gasteiger partial charge >= 0.3 is 5.97 Å². The van der Waals surface area contributed by atoms with Gasteiger partial charge in [-0.15, -0.1) is 0 Å². The van der Waals surface area contributed by atoms with Crippen molar-refractivity contribution in [2.45, 2.75) is 26.3 Å². The van der Waals surface area contributed by atoms with Crippen molar-refractivity contribution in [1.82, 2.24) is 0 Å². The Hall–Kier alpha value is -3.35. The van der Waals surface area contributed by atoms with Gasteiger partial charge in [-0.2, -0.15) is 0 Å². The summed E-state index contributed by atoms with van der Waals surface area (Å²) in [5, 5.41) is 8.70. The molecule has 7 nitrogen and oxygen atoms in total. The van der Waals surface area contributed by atoms with Gasteiger partial charge in [0, 0.05) is 5.69 Å². The molecule has 0 aromatic heterocycles. The van der Waals surface area contributed by atoms with Crippen LogP contribution in [0.2, 0.25) is 0 Å². The molecule has 140 valence electrons. The Morgan fingerprint density at radius 2 is 1.70 bits per heavy atom. The highest BCUT2D eigenvalue weighted by atomic mass is 16.5. The summed E-state index contributed by atoms with van der Waals surface area (Å²) in [4.78, 5) is 36.0. The molecule has 1 aliphatic rings. The molecule has 0 saturated carbocycles. The second-order valence-corrected chi connectivity index (χ2v) is 6.49. The molecule has 0 aliphatic carbocycles. The van der Waals surface area contributed by atoms with Crippen molar-refractivity contribution in [2.75, 3.05) is 23.1 Å². The number of aryl methyl sites for hydroxylation is 2. The molecule has 0 fully saturated rings. The van der Waals surface area contributed by atoms with E-state index in [1.54, 1.807) is 24.3 Å². The maximum absolute atomic E-state index is 12.3. The molecular formula is C20H21N3O4. The highest BCUT2D eigenvalue weighted by Crippen LogP contribution is 2.30. The van der Waals surface area contributed by atoms with Gasteiger partial charge in [0.15, 0.2) is 0 Å². The Morgan fingerprint density at radius 3 is 2.33 bits per heavy atom. The third-order valence-corrected chi connectivity index (χ3v) is 4.52. The lowest BCUT2D eigenvalue weighted by molar-refractivity contribution is -0.122. The van der Waals surface area contributed by atoms with Gasteiger partial charge in [0.1, 0.15) is 6.04 Å². The molecule has 0 radical (unpaired) electrons. The van der Waals surface area contributed by atoms with Gasteiger partial charge in [0.05, 0.1) is 30.5 Å². The van der Waals surface area contributed by atoms with E-state index in [1.807, 2.05) is 26.0 Å². The molecule has 2 aromatic rings. The highest BCUT2D eigenvalue weighted by Gasteiger charge is 2.28. The smallest absolute Gasteiger partial charge is 0.337 e. The highest BCUT2D eigenvalue weighted by molar-refractivity contribution is 6.06. The van der Waals surface area contributed by atoms with Crippen LogP contribution in [-0.4, -0.2) is 30.9 Å². The zero-order valence-electron chi connectivity index (χ0n) is 15.4. The second-order valence-electron chi connectivity index (χ2n) is 6.49. The number of benzene rings is 2. The molecule has 0 saturated heterocycles. The number of esters is 1. The summed E-state index contributed by atoms with van der Waals surface area (Å²) < 4.78 is 4.63. The van der Waals surface area contributed by atoms with Crippen molar-refractivity contribution in [3.63, 3.8) is 0 Å². The first kappa shape index (κ1) is 18.4. The summed E-state index contributed by atoms with van der Waals surface area (Å²) in [5.74, 6) is -0.997. The van der Waals surface area contributed by atoms with Crippen LogP contribution in [0.5, 0.6) is 0 Å². The van der Waals surface area contributed by atoms with Gasteiger partial charge in [-0.05, 0) is 61.4 Å². The molecule has 2 aromatic carbocycles. The lowest BCUT2D eigenvalue weighted by atomic mass is 10.0. The normalized spacial score (nSPS) is 15.2. The molecule has 7 heteroatoms. The molecule has 1 heterocycles. The van der Waals surface area contributed by atoms with E-state index < -0.39 is 12.0 Å². The Bertz CT molecular complexity index is 906. The molecule has 0 spiro atoms. The molecule has 1 aliphatic heterocycles. The fourth-order valence-electron chi connectivity index (χ4n) is 2.86. The third kappa shape index (κ3) is 4.08. The van der Waals surface area contributed by atoms with E-state index in [0.29, 0.717) is 11.3 Å². The fraction of sp³-hybridized carbons (Fsp3) is 0.250. The quantitative estimate of drug-likeness (QED) is 0.722. The second kappa shape index (κ2) is 7.49. The summed E-state index contributed by atoms with van der Waals surface area (Å²) in [6, 6.07) is 9.56. The van der Waals surface area contributed by atoms with Crippen molar-refractivity contribution in [1.29, 1.82) is 0 Å². The maximum Gasteiger partial charge on any atom is 0.337 e. The van der Waals surface area contributed by atoms with Crippen molar-refractivity contribution in [3.8, 4) is 0 Å². The van der Waals surface area contributed by atoms with E-state index in [9.17, 15) is 14.4 Å². The first-order chi connectivity index (χ1) is 12.9. The molecule has 0 unspecified atom stereocenters. The molecule has 1 atom stereocenters. The Labute approximate surface area is 157 Å². The third-order valence-electron chi connectivity index (χ3n) is 4.52. The molecule has 27 heavy (non-hydrogen) atoms. The SMILES string of the molecule is COC(=O)c1ccc(NC(=O)C[C@@H]2Nc3cc(C)c(C)cc3NC2=O)cc1. The van der Waals surface area contributed by atoms with E-state index in [1.165, 1.54) is 7.11 Å². The van der Waals surface area contributed by atoms with Gasteiger partial charge in [-0.3, -0.25) is 9.59 Å². The first-order valence-corrected chi connectivity index (χ1v) is 8.54. The van der Waals surface area contributed by atoms with Gasteiger partial charge in [0.25, 0.3) is 0 Å². The minimum atomic E-state index is -0.658. The number of methoxy groups -OCH3 is 1. The summed E-state index contributed by atoms with van der Waals surface area (Å²) in [6.45, 7) is 3.97. The molecular weight excluding hydrogens is 346 g/mol. The maximum atomic E-state index is 12.3. The topological polar surface area (TPSA) is 96.5 Å². The predicted molar refractivity (Wildman–Crippen MR) is 103 cm³/mol. The van der Waals surface area contributed by atoms with Crippen LogP contribution in [0, 0.1) is 13.8 Å². The number of anilines is 3. The number of carbonyl (C=O) groups is 3. The van der Waals surface area contributed by atoms with Crippen LogP contribution in [-0.2, 0) is 14.3 Å². The zero-order chi connectivity index (χ0) is 19.6. The van der Waals surface area contributed by atoms with Crippen LogP contribution < -0.4 is 16.0 Å². The minimum Gasteiger partial charge on any atom is -0.465 e.